The number of carbonyl (C=O) groups is 1. The predicted molar refractivity (Wildman–Crippen MR) is 84.2 cm³/mol. The maximum Gasteiger partial charge on any atom is 0.335 e. The van der Waals surface area contributed by atoms with E-state index in [1.54, 1.807) is 0 Å². The number of rotatable bonds is 5. The van der Waals surface area contributed by atoms with Gasteiger partial charge >= 0.3 is 5.97 Å². The first-order valence-electron chi connectivity index (χ1n) is 5.87. The Morgan fingerprint density at radius 1 is 1.38 bits per heavy atom. The number of sulfonamides is 1. The van der Waals surface area contributed by atoms with E-state index in [0.717, 1.165) is 10.4 Å². The van der Waals surface area contributed by atoms with Gasteiger partial charge in [0.15, 0.2) is 0 Å². The molecule has 8 heteroatoms. The minimum atomic E-state index is -3.71. The molecule has 0 bridgehead atoms. The topological polar surface area (TPSA) is 83.5 Å². The number of hydrogen-bond acceptors (Lipinski definition) is 4. The van der Waals surface area contributed by atoms with Crippen LogP contribution in [0.25, 0.3) is 0 Å². The summed E-state index contributed by atoms with van der Waals surface area (Å²) in [4.78, 5) is 11.8. The van der Waals surface area contributed by atoms with Crippen LogP contribution in [-0.2, 0) is 16.6 Å². The van der Waals surface area contributed by atoms with Crippen LogP contribution in [0.15, 0.2) is 39.0 Å². The highest BCUT2D eigenvalue weighted by molar-refractivity contribution is 9.10. The van der Waals surface area contributed by atoms with E-state index >= 15 is 0 Å². The fourth-order valence-electron chi connectivity index (χ4n) is 1.68. The van der Waals surface area contributed by atoms with Crippen molar-refractivity contribution in [1.82, 2.24) is 4.72 Å². The van der Waals surface area contributed by atoms with Gasteiger partial charge in [-0.2, -0.15) is 0 Å². The highest BCUT2D eigenvalue weighted by atomic mass is 79.9. The van der Waals surface area contributed by atoms with Gasteiger partial charge in [0.2, 0.25) is 10.0 Å². The van der Waals surface area contributed by atoms with Crippen molar-refractivity contribution in [2.24, 2.45) is 0 Å². The highest BCUT2D eigenvalue weighted by Gasteiger charge is 2.19. The molecule has 1 heterocycles. The zero-order chi connectivity index (χ0) is 15.6. The Bertz CT molecular complexity index is 783. The van der Waals surface area contributed by atoms with Crippen molar-refractivity contribution in [3.05, 3.63) is 50.1 Å². The van der Waals surface area contributed by atoms with Gasteiger partial charge in [-0.1, -0.05) is 0 Å². The van der Waals surface area contributed by atoms with E-state index in [4.69, 9.17) is 5.11 Å². The Morgan fingerprint density at radius 3 is 2.62 bits per heavy atom. The van der Waals surface area contributed by atoms with Crippen LogP contribution in [0.4, 0.5) is 0 Å². The summed E-state index contributed by atoms with van der Waals surface area (Å²) in [5, 5.41) is 10.8. The Hall–Kier alpha value is -1.22. The molecule has 0 fully saturated rings. The lowest BCUT2D eigenvalue weighted by Crippen LogP contribution is -2.23. The zero-order valence-corrected chi connectivity index (χ0v) is 14.2. The van der Waals surface area contributed by atoms with Crippen molar-refractivity contribution in [3.8, 4) is 0 Å². The Kier molecular flexibility index (Phi) is 4.82. The van der Waals surface area contributed by atoms with Crippen molar-refractivity contribution in [2.45, 2.75) is 18.4 Å². The average molecular weight is 390 g/mol. The van der Waals surface area contributed by atoms with Gasteiger partial charge in [-0.25, -0.2) is 17.9 Å². The summed E-state index contributed by atoms with van der Waals surface area (Å²) in [6.07, 6.45) is 0. The number of hydrogen-bond donors (Lipinski definition) is 2. The average Bonchev–Trinajstić information content (AvgIpc) is 2.81. The lowest BCUT2D eigenvalue weighted by molar-refractivity contribution is 0.0696. The number of carboxylic acid groups (broad SMARTS) is 1. The van der Waals surface area contributed by atoms with Gasteiger partial charge in [0.1, 0.15) is 0 Å². The fourth-order valence-corrected chi connectivity index (χ4v) is 4.68. The van der Waals surface area contributed by atoms with Crippen LogP contribution < -0.4 is 4.72 Å². The first-order valence-corrected chi connectivity index (χ1v) is 9.02. The van der Waals surface area contributed by atoms with Gasteiger partial charge in [-0.15, -0.1) is 11.3 Å². The third-order valence-corrected chi connectivity index (χ3v) is 6.26. The van der Waals surface area contributed by atoms with E-state index in [1.807, 2.05) is 18.4 Å². The number of benzene rings is 1. The van der Waals surface area contributed by atoms with E-state index in [0.29, 0.717) is 0 Å². The molecule has 2 aromatic rings. The van der Waals surface area contributed by atoms with Gasteiger partial charge in [0.25, 0.3) is 0 Å². The van der Waals surface area contributed by atoms with Crippen molar-refractivity contribution >= 4 is 43.3 Å². The lowest BCUT2D eigenvalue weighted by atomic mass is 10.2. The molecule has 5 nitrogen and oxygen atoms in total. The monoisotopic (exact) mass is 389 g/mol. The molecule has 0 atom stereocenters. The number of nitrogens with one attached hydrogen (secondary N) is 1. The van der Waals surface area contributed by atoms with Gasteiger partial charge in [-0.05, 0) is 58.1 Å². The van der Waals surface area contributed by atoms with Crippen LogP contribution in [0.2, 0.25) is 0 Å². The number of carboxylic acids is 1. The molecule has 0 saturated carbocycles. The molecule has 0 saturated heterocycles. The van der Waals surface area contributed by atoms with Crippen LogP contribution in [0, 0.1) is 6.92 Å². The lowest BCUT2D eigenvalue weighted by Gasteiger charge is -2.09. The highest BCUT2D eigenvalue weighted by Crippen LogP contribution is 2.24. The summed E-state index contributed by atoms with van der Waals surface area (Å²) < 4.78 is 27.2. The van der Waals surface area contributed by atoms with Gasteiger partial charge in [0.05, 0.1) is 10.5 Å². The van der Waals surface area contributed by atoms with Crippen LogP contribution in [0.1, 0.15) is 20.8 Å². The Labute approximate surface area is 134 Å². The quantitative estimate of drug-likeness (QED) is 0.822. The largest absolute Gasteiger partial charge is 0.478 e. The van der Waals surface area contributed by atoms with Gasteiger partial charge < -0.3 is 5.11 Å². The van der Waals surface area contributed by atoms with Crippen molar-refractivity contribution < 1.29 is 18.3 Å². The van der Waals surface area contributed by atoms with Crippen LogP contribution in [0.5, 0.6) is 0 Å². The minimum Gasteiger partial charge on any atom is -0.478 e. The van der Waals surface area contributed by atoms with E-state index < -0.39 is 16.0 Å². The van der Waals surface area contributed by atoms with E-state index in [2.05, 4.69) is 20.7 Å². The summed E-state index contributed by atoms with van der Waals surface area (Å²) >= 11 is 4.58. The van der Waals surface area contributed by atoms with E-state index in [-0.39, 0.29) is 21.5 Å². The predicted octanol–water partition coefficient (Wildman–Crippen LogP) is 3.00. The number of thiophene rings is 1. The molecule has 21 heavy (non-hydrogen) atoms. The van der Waals surface area contributed by atoms with E-state index in [1.165, 1.54) is 29.5 Å². The fraction of sp³-hybridized carbons (Fsp3) is 0.154. The number of halogens is 1. The first kappa shape index (κ1) is 16.2. The standard InChI is InChI=1S/C13H12BrNO4S2/c1-8-4-5-20-11(8)7-15-21(18,19)12-3-2-9(13(16)17)6-10(12)14/h2-6,15H,7H2,1H3,(H,16,17). The molecule has 0 radical (unpaired) electrons. The van der Waals surface area contributed by atoms with Crippen LogP contribution >= 0.6 is 27.3 Å². The van der Waals surface area contributed by atoms with E-state index in [9.17, 15) is 13.2 Å². The van der Waals surface area contributed by atoms with Crippen molar-refractivity contribution in [1.29, 1.82) is 0 Å². The van der Waals surface area contributed by atoms with Crippen molar-refractivity contribution in [2.75, 3.05) is 0 Å². The summed E-state index contributed by atoms with van der Waals surface area (Å²) in [5.74, 6) is -1.11. The molecule has 112 valence electrons. The molecular formula is C13H12BrNO4S2. The number of aryl methyl sites for hydroxylation is 1. The summed E-state index contributed by atoms with van der Waals surface area (Å²) in [7, 11) is -3.71. The normalized spacial score (nSPS) is 11.5. The molecule has 0 amide bonds. The molecule has 1 aromatic heterocycles. The van der Waals surface area contributed by atoms with Gasteiger partial charge in [-0.3, -0.25) is 0 Å². The SMILES string of the molecule is Cc1ccsc1CNS(=O)(=O)c1ccc(C(=O)O)cc1Br. The second-order valence-electron chi connectivity index (χ2n) is 4.30. The maximum absolute atomic E-state index is 12.3. The molecule has 0 aliphatic carbocycles. The first-order chi connectivity index (χ1) is 9.81. The molecule has 1 aromatic carbocycles. The number of aromatic carboxylic acids is 1. The minimum absolute atomic E-state index is 0.0155. The van der Waals surface area contributed by atoms with Crippen LogP contribution in [0.3, 0.4) is 0 Å². The maximum atomic E-state index is 12.3. The molecule has 0 unspecified atom stereocenters. The molecular weight excluding hydrogens is 378 g/mol. The second-order valence-corrected chi connectivity index (χ2v) is 7.89. The van der Waals surface area contributed by atoms with Crippen molar-refractivity contribution in [3.63, 3.8) is 0 Å². The zero-order valence-electron chi connectivity index (χ0n) is 11.0. The molecule has 0 spiro atoms. The second kappa shape index (κ2) is 6.27. The summed E-state index contributed by atoms with van der Waals surface area (Å²) in [6.45, 7) is 2.12. The summed E-state index contributed by atoms with van der Waals surface area (Å²) in [6, 6.07) is 5.73. The Morgan fingerprint density at radius 2 is 2.10 bits per heavy atom. The molecule has 0 aliphatic rings. The molecule has 2 rings (SSSR count). The third-order valence-electron chi connectivity index (χ3n) is 2.86. The van der Waals surface area contributed by atoms with Crippen LogP contribution in [-0.4, -0.2) is 19.5 Å². The summed E-state index contributed by atoms with van der Waals surface area (Å²) in [5.41, 5.74) is 1.05. The van der Waals surface area contributed by atoms with Gasteiger partial charge in [0, 0.05) is 15.9 Å². The Balaban J connectivity index is 2.23. The third kappa shape index (κ3) is 3.70. The molecule has 0 aliphatic heterocycles. The smallest absolute Gasteiger partial charge is 0.335 e. The molecule has 2 N–H and O–H groups in total.